The fourth-order valence-corrected chi connectivity index (χ4v) is 6.47. The minimum Gasteiger partial charge on any atom is -0.394 e. The number of amides is 1. The number of carbonyl (C=O) groups excluding carboxylic acids is 1. The Hall–Kier alpha value is -1.78. The zero-order valence-corrected chi connectivity index (χ0v) is 23.0. The van der Waals surface area contributed by atoms with Crippen molar-refractivity contribution < 1.29 is 54.8 Å². The summed E-state index contributed by atoms with van der Waals surface area (Å²) in [7, 11) is 0. The third-order valence-electron chi connectivity index (χ3n) is 8.75. The van der Waals surface area contributed by atoms with Crippen LogP contribution in [0.25, 0.3) is 0 Å². The number of carbonyl (C=O) groups is 1. The van der Waals surface area contributed by atoms with E-state index >= 15 is 0 Å². The number of hydrogen-bond acceptors (Lipinski definition) is 15. The maximum Gasteiger partial charge on any atom is 0.252 e. The van der Waals surface area contributed by atoms with Crippen molar-refractivity contribution in [2.45, 2.75) is 117 Å². The van der Waals surface area contributed by atoms with E-state index in [9.17, 15) is 40.5 Å². The van der Waals surface area contributed by atoms with Gasteiger partial charge in [-0.05, 0) is 6.42 Å². The van der Waals surface area contributed by atoms with Crippen LogP contribution in [0.5, 0.6) is 0 Å². The predicted octanol–water partition coefficient (Wildman–Crippen LogP) is -7.66. The number of rotatable bonds is 8. The summed E-state index contributed by atoms with van der Waals surface area (Å²) in [4.78, 5) is 17.1. The summed E-state index contributed by atoms with van der Waals surface area (Å²) in [6.07, 6.45) is -13.6. The van der Waals surface area contributed by atoms with Gasteiger partial charge in [-0.1, -0.05) is 0 Å². The lowest BCUT2D eigenvalue weighted by atomic mass is 9.70. The third-order valence-corrected chi connectivity index (χ3v) is 8.75. The Morgan fingerprint density at radius 3 is 2.21 bits per heavy atom. The first-order valence-electron chi connectivity index (χ1n) is 14.0. The highest BCUT2D eigenvalue weighted by molar-refractivity contribution is 5.86. The largest absolute Gasteiger partial charge is 0.394 e. The molecule has 18 heteroatoms. The van der Waals surface area contributed by atoms with E-state index in [1.165, 1.54) is 0 Å². The van der Waals surface area contributed by atoms with E-state index in [-0.39, 0.29) is 38.3 Å². The van der Waals surface area contributed by atoms with Crippen molar-refractivity contribution in [2.75, 3.05) is 13.2 Å². The van der Waals surface area contributed by atoms with Gasteiger partial charge in [0.1, 0.15) is 42.2 Å². The molecule has 0 aromatic heterocycles. The number of aliphatic imine (C=N–C) groups is 1. The molecule has 0 aromatic carbocycles. The van der Waals surface area contributed by atoms with Crippen LogP contribution in [0.15, 0.2) is 4.99 Å². The molecule has 14 atom stereocenters. The SMILES string of the molecule is NCC1OC(C2C(N)CC(NC(=O)C3(O)CC(N)C3)C(OC3OC(CO)C(O)CC3O)C2O)C(N=C(N)N)C(O)C1O. The number of aliphatic hydroxyl groups is 7. The molecule has 4 fully saturated rings. The smallest absolute Gasteiger partial charge is 0.252 e. The van der Waals surface area contributed by atoms with Crippen molar-refractivity contribution >= 4 is 11.9 Å². The molecule has 2 aliphatic heterocycles. The van der Waals surface area contributed by atoms with Crippen molar-refractivity contribution in [1.29, 1.82) is 0 Å². The lowest BCUT2D eigenvalue weighted by molar-refractivity contribution is -0.303. The molecule has 0 bridgehead atoms. The minimum atomic E-state index is -1.73. The van der Waals surface area contributed by atoms with Gasteiger partial charge in [0.05, 0.1) is 37.1 Å². The summed E-state index contributed by atoms with van der Waals surface area (Å²) in [5, 5.41) is 76.8. The normalized spacial score (nSPS) is 49.5. The molecule has 18 N–H and O–H groups in total. The lowest BCUT2D eigenvalue weighted by Crippen LogP contribution is -2.71. The zero-order valence-electron chi connectivity index (χ0n) is 23.0. The van der Waals surface area contributed by atoms with E-state index in [1.807, 2.05) is 0 Å². The van der Waals surface area contributed by atoms with E-state index < -0.39 is 109 Å². The molecular formula is C24H45N7O11. The number of nitrogens with one attached hydrogen (secondary N) is 1. The predicted molar refractivity (Wildman–Crippen MR) is 143 cm³/mol. The molecule has 242 valence electrons. The quantitative estimate of drug-likeness (QED) is 0.0899. The van der Waals surface area contributed by atoms with Gasteiger partial charge in [0.2, 0.25) is 0 Å². The van der Waals surface area contributed by atoms with Crippen molar-refractivity contribution in [2.24, 2.45) is 39.6 Å². The van der Waals surface area contributed by atoms with Crippen molar-refractivity contribution in [1.82, 2.24) is 5.32 Å². The average molecular weight is 608 g/mol. The molecule has 42 heavy (non-hydrogen) atoms. The third kappa shape index (κ3) is 6.50. The molecule has 0 radical (unpaired) electrons. The fourth-order valence-electron chi connectivity index (χ4n) is 6.47. The highest BCUT2D eigenvalue weighted by Gasteiger charge is 2.57. The first-order chi connectivity index (χ1) is 19.7. The van der Waals surface area contributed by atoms with Crippen LogP contribution in [0.1, 0.15) is 25.7 Å². The van der Waals surface area contributed by atoms with E-state index in [1.54, 1.807) is 0 Å². The Kier molecular flexibility index (Phi) is 10.3. The molecule has 4 aliphatic rings. The second-order valence-electron chi connectivity index (χ2n) is 11.8. The maximum atomic E-state index is 13.0. The fraction of sp³-hybridized carbons (Fsp3) is 0.917. The molecular weight excluding hydrogens is 562 g/mol. The molecule has 2 heterocycles. The molecule has 18 nitrogen and oxygen atoms in total. The molecule has 2 aliphatic carbocycles. The van der Waals surface area contributed by atoms with E-state index in [0.717, 1.165) is 0 Å². The number of ether oxygens (including phenoxy) is 3. The van der Waals surface area contributed by atoms with Gasteiger partial charge in [0.25, 0.3) is 5.91 Å². The summed E-state index contributed by atoms with van der Waals surface area (Å²) >= 11 is 0. The lowest BCUT2D eigenvalue weighted by Gasteiger charge is -2.52. The second-order valence-corrected chi connectivity index (χ2v) is 11.8. The van der Waals surface area contributed by atoms with Crippen LogP contribution in [0.4, 0.5) is 0 Å². The Morgan fingerprint density at radius 1 is 0.976 bits per heavy atom. The van der Waals surface area contributed by atoms with Crippen LogP contribution >= 0.6 is 0 Å². The maximum absolute atomic E-state index is 13.0. The Labute approximate surface area is 241 Å². The van der Waals surface area contributed by atoms with E-state index in [4.69, 9.17) is 42.9 Å². The molecule has 14 unspecified atom stereocenters. The van der Waals surface area contributed by atoms with Crippen molar-refractivity contribution in [3.05, 3.63) is 0 Å². The number of aliphatic hydroxyl groups excluding tert-OH is 6. The van der Waals surface area contributed by atoms with Crippen LogP contribution < -0.4 is 34.0 Å². The zero-order chi connectivity index (χ0) is 31.1. The molecule has 0 aromatic rings. The molecule has 2 saturated carbocycles. The average Bonchev–Trinajstić information content (AvgIpc) is 2.90. The highest BCUT2D eigenvalue weighted by atomic mass is 16.7. The summed E-state index contributed by atoms with van der Waals surface area (Å²) in [5.41, 5.74) is 27.5. The molecule has 1 amide bonds. The summed E-state index contributed by atoms with van der Waals surface area (Å²) in [6, 6.07) is -3.64. The van der Waals surface area contributed by atoms with Crippen LogP contribution in [0.3, 0.4) is 0 Å². The molecule has 2 saturated heterocycles. The Morgan fingerprint density at radius 2 is 1.64 bits per heavy atom. The Bertz CT molecular complexity index is 971. The van der Waals surface area contributed by atoms with Crippen LogP contribution in [-0.2, 0) is 19.0 Å². The van der Waals surface area contributed by atoms with Gasteiger partial charge in [-0.15, -0.1) is 0 Å². The van der Waals surface area contributed by atoms with Crippen LogP contribution in [0.2, 0.25) is 0 Å². The number of hydrogen-bond donors (Lipinski definition) is 13. The van der Waals surface area contributed by atoms with Crippen LogP contribution in [-0.4, -0.2) is 152 Å². The minimum absolute atomic E-state index is 0.0195. The summed E-state index contributed by atoms with van der Waals surface area (Å²) < 4.78 is 17.6. The number of guanidine groups is 1. The first kappa shape index (κ1) is 33.1. The van der Waals surface area contributed by atoms with Crippen molar-refractivity contribution in [3.8, 4) is 0 Å². The van der Waals surface area contributed by atoms with Crippen molar-refractivity contribution in [3.63, 3.8) is 0 Å². The van der Waals surface area contributed by atoms with Crippen LogP contribution in [0, 0.1) is 5.92 Å². The number of nitrogens with zero attached hydrogens (tertiary/aromatic N) is 1. The van der Waals surface area contributed by atoms with Gasteiger partial charge in [0, 0.05) is 43.8 Å². The second kappa shape index (κ2) is 13.1. The van der Waals surface area contributed by atoms with Gasteiger partial charge < -0.3 is 83.9 Å². The van der Waals surface area contributed by atoms with Gasteiger partial charge in [0.15, 0.2) is 12.2 Å². The topological polar surface area (TPSA) is 341 Å². The molecule has 0 spiro atoms. The van der Waals surface area contributed by atoms with Gasteiger partial charge in [-0.3, -0.25) is 4.79 Å². The number of nitrogens with two attached hydrogens (primary N) is 5. The molecule has 4 rings (SSSR count). The van der Waals surface area contributed by atoms with Gasteiger partial charge in [-0.2, -0.15) is 0 Å². The summed E-state index contributed by atoms with van der Waals surface area (Å²) in [6.45, 7) is -0.785. The van der Waals surface area contributed by atoms with Gasteiger partial charge in [-0.25, -0.2) is 4.99 Å². The highest BCUT2D eigenvalue weighted by Crippen LogP contribution is 2.39. The van der Waals surface area contributed by atoms with E-state index in [0.29, 0.717) is 0 Å². The van der Waals surface area contributed by atoms with E-state index in [2.05, 4.69) is 10.3 Å². The monoisotopic (exact) mass is 607 g/mol. The Balaban J connectivity index is 1.65. The van der Waals surface area contributed by atoms with Gasteiger partial charge >= 0.3 is 0 Å². The first-order valence-corrected chi connectivity index (χ1v) is 14.0. The summed E-state index contributed by atoms with van der Waals surface area (Å²) in [5.74, 6) is -2.28. The standard InChI is InChI=1S/C24H45N7O11/c25-5-12-16(35)18(37)15(31-23(28)29)20(40-12)14-8(27)1-9(30-22(38)24(39)3-7(26)4-24)19(17(14)36)42-21-11(34)2-10(33)13(6-32)41-21/h7-21,32-37,39H,1-6,25-27H2,(H,30,38)(H4,28,29,31).